The lowest BCUT2D eigenvalue weighted by molar-refractivity contribution is -0.131. The molecule has 3 rings (SSSR count). The van der Waals surface area contributed by atoms with Crippen LogP contribution in [0, 0.1) is 0 Å². The number of aliphatic carboxylic acids is 1. The average Bonchev–Trinajstić information content (AvgIpc) is 3.17. The third-order valence-electron chi connectivity index (χ3n) is 3.06. The molecule has 6 heteroatoms. The van der Waals surface area contributed by atoms with Crippen LogP contribution in [0.15, 0.2) is 18.2 Å². The Kier molecular flexibility index (Phi) is 5.45. The molecular weight excluding hydrogens is 274 g/mol. The third-order valence-corrected chi connectivity index (χ3v) is 3.06. The number of nitrogens with one attached hydrogen (secondary N) is 1. The van der Waals surface area contributed by atoms with Crippen molar-refractivity contribution in [1.82, 2.24) is 5.32 Å². The molecule has 0 saturated carbocycles. The molecular formula is C15H19NO5. The van der Waals surface area contributed by atoms with Gasteiger partial charge in [0.05, 0.1) is 7.11 Å². The first-order valence-corrected chi connectivity index (χ1v) is 6.80. The zero-order valence-electron chi connectivity index (χ0n) is 11.9. The SMILES string of the molecule is C1CCNC1.COc1cc(/C=C/C(=O)O)cc2c1OCO2. The van der Waals surface area contributed by atoms with E-state index in [4.69, 9.17) is 19.3 Å². The molecule has 0 bridgehead atoms. The van der Waals surface area contributed by atoms with E-state index >= 15 is 0 Å². The van der Waals surface area contributed by atoms with Crippen molar-refractivity contribution in [3.8, 4) is 17.2 Å². The normalized spacial score (nSPS) is 15.7. The molecule has 0 aromatic heterocycles. The molecule has 21 heavy (non-hydrogen) atoms. The van der Waals surface area contributed by atoms with Crippen LogP contribution in [-0.2, 0) is 4.79 Å². The van der Waals surface area contributed by atoms with E-state index in [2.05, 4.69) is 5.32 Å². The van der Waals surface area contributed by atoms with Crippen molar-refractivity contribution in [2.24, 2.45) is 0 Å². The molecule has 0 amide bonds. The van der Waals surface area contributed by atoms with E-state index in [0.717, 1.165) is 6.08 Å². The number of methoxy groups -OCH3 is 1. The van der Waals surface area contributed by atoms with Gasteiger partial charge in [-0.05, 0) is 49.7 Å². The van der Waals surface area contributed by atoms with Gasteiger partial charge in [0.15, 0.2) is 11.5 Å². The number of carboxylic acids is 1. The number of hydrogen-bond donors (Lipinski definition) is 2. The van der Waals surface area contributed by atoms with E-state index in [0.29, 0.717) is 22.8 Å². The molecule has 2 N–H and O–H groups in total. The largest absolute Gasteiger partial charge is 0.493 e. The van der Waals surface area contributed by atoms with Gasteiger partial charge in [-0.3, -0.25) is 0 Å². The second kappa shape index (κ2) is 7.54. The highest BCUT2D eigenvalue weighted by atomic mass is 16.7. The van der Waals surface area contributed by atoms with Crippen LogP contribution in [0.3, 0.4) is 0 Å². The molecule has 0 aliphatic carbocycles. The van der Waals surface area contributed by atoms with Gasteiger partial charge in [0.1, 0.15) is 0 Å². The van der Waals surface area contributed by atoms with E-state index in [-0.39, 0.29) is 6.79 Å². The highest BCUT2D eigenvalue weighted by molar-refractivity contribution is 5.85. The fourth-order valence-corrected chi connectivity index (χ4v) is 2.04. The smallest absolute Gasteiger partial charge is 0.328 e. The summed E-state index contributed by atoms with van der Waals surface area (Å²) in [5.41, 5.74) is 0.684. The fraction of sp³-hybridized carbons (Fsp3) is 0.400. The van der Waals surface area contributed by atoms with Crippen molar-refractivity contribution in [3.05, 3.63) is 23.8 Å². The Morgan fingerprint density at radius 3 is 2.67 bits per heavy atom. The lowest BCUT2D eigenvalue weighted by Crippen LogP contribution is -2.03. The second-order valence-corrected chi connectivity index (χ2v) is 4.59. The maximum Gasteiger partial charge on any atom is 0.328 e. The van der Waals surface area contributed by atoms with Crippen LogP contribution in [0.5, 0.6) is 17.2 Å². The van der Waals surface area contributed by atoms with Crippen molar-refractivity contribution >= 4 is 12.0 Å². The monoisotopic (exact) mass is 293 g/mol. The molecule has 1 aromatic rings. The molecule has 0 radical (unpaired) electrons. The van der Waals surface area contributed by atoms with E-state index < -0.39 is 5.97 Å². The van der Waals surface area contributed by atoms with Gasteiger partial charge in [0.25, 0.3) is 0 Å². The van der Waals surface area contributed by atoms with Crippen LogP contribution in [-0.4, -0.2) is 38.1 Å². The highest BCUT2D eigenvalue weighted by Gasteiger charge is 2.19. The molecule has 6 nitrogen and oxygen atoms in total. The predicted octanol–water partition coefficient (Wildman–Crippen LogP) is 1.89. The van der Waals surface area contributed by atoms with Gasteiger partial charge < -0.3 is 24.6 Å². The first kappa shape index (κ1) is 15.2. The van der Waals surface area contributed by atoms with Gasteiger partial charge in [-0.1, -0.05) is 0 Å². The molecule has 114 valence electrons. The first-order valence-electron chi connectivity index (χ1n) is 6.80. The Labute approximate surface area is 123 Å². The van der Waals surface area contributed by atoms with Crippen LogP contribution in [0.2, 0.25) is 0 Å². The first-order chi connectivity index (χ1) is 10.2. The topological polar surface area (TPSA) is 77.0 Å². The molecule has 0 atom stereocenters. The summed E-state index contributed by atoms with van der Waals surface area (Å²) in [5.74, 6) is 0.635. The minimum Gasteiger partial charge on any atom is -0.493 e. The summed E-state index contributed by atoms with van der Waals surface area (Å²) in [7, 11) is 1.52. The quantitative estimate of drug-likeness (QED) is 0.829. The zero-order chi connectivity index (χ0) is 15.1. The minimum atomic E-state index is -1.00. The summed E-state index contributed by atoms with van der Waals surface area (Å²) in [6, 6.07) is 3.39. The van der Waals surface area contributed by atoms with Crippen molar-refractivity contribution < 1.29 is 24.1 Å². The minimum absolute atomic E-state index is 0.151. The Morgan fingerprint density at radius 1 is 1.33 bits per heavy atom. The molecule has 1 saturated heterocycles. The Hall–Kier alpha value is -2.21. The fourth-order valence-electron chi connectivity index (χ4n) is 2.04. The number of carboxylic acid groups (broad SMARTS) is 1. The predicted molar refractivity (Wildman–Crippen MR) is 77.9 cm³/mol. The maximum atomic E-state index is 10.4. The number of benzene rings is 1. The van der Waals surface area contributed by atoms with Crippen molar-refractivity contribution in [1.29, 1.82) is 0 Å². The summed E-state index contributed by atoms with van der Waals surface area (Å²) in [6.45, 7) is 2.65. The third kappa shape index (κ3) is 4.39. The van der Waals surface area contributed by atoms with Gasteiger partial charge in [-0.15, -0.1) is 0 Å². The van der Waals surface area contributed by atoms with Crippen LogP contribution in [0.1, 0.15) is 18.4 Å². The summed E-state index contributed by atoms with van der Waals surface area (Å²) < 4.78 is 15.5. The summed E-state index contributed by atoms with van der Waals surface area (Å²) in [4.78, 5) is 10.4. The molecule has 2 aliphatic heterocycles. The number of hydrogen-bond acceptors (Lipinski definition) is 5. The Bertz CT molecular complexity index is 515. The van der Waals surface area contributed by atoms with Crippen LogP contribution in [0.25, 0.3) is 6.08 Å². The lowest BCUT2D eigenvalue weighted by atomic mass is 10.1. The van der Waals surface area contributed by atoms with E-state index in [1.165, 1.54) is 39.1 Å². The van der Waals surface area contributed by atoms with Gasteiger partial charge in [0, 0.05) is 6.08 Å². The summed E-state index contributed by atoms with van der Waals surface area (Å²) in [5, 5.41) is 11.7. The van der Waals surface area contributed by atoms with E-state index in [1.54, 1.807) is 12.1 Å². The number of fused-ring (bicyclic) bond motifs is 1. The molecule has 1 aromatic carbocycles. The van der Waals surface area contributed by atoms with Crippen LogP contribution >= 0.6 is 0 Å². The number of carbonyl (C=O) groups is 1. The molecule has 0 spiro atoms. The van der Waals surface area contributed by atoms with Gasteiger partial charge >= 0.3 is 5.97 Å². The van der Waals surface area contributed by atoms with Crippen molar-refractivity contribution in [2.45, 2.75) is 12.8 Å². The number of rotatable bonds is 3. The molecule has 0 unspecified atom stereocenters. The van der Waals surface area contributed by atoms with Gasteiger partial charge in [-0.2, -0.15) is 0 Å². The zero-order valence-corrected chi connectivity index (χ0v) is 11.9. The Morgan fingerprint density at radius 2 is 2.10 bits per heavy atom. The van der Waals surface area contributed by atoms with Gasteiger partial charge in [0.2, 0.25) is 12.5 Å². The van der Waals surface area contributed by atoms with Crippen molar-refractivity contribution in [3.63, 3.8) is 0 Å². The maximum absolute atomic E-state index is 10.4. The summed E-state index contributed by atoms with van der Waals surface area (Å²) >= 11 is 0. The summed E-state index contributed by atoms with van der Waals surface area (Å²) in [6.07, 6.45) is 5.30. The standard InChI is InChI=1S/C11H10O5.C4H9N/c1-14-8-4-7(2-3-10(12)13)5-9-11(8)16-6-15-9;1-2-4-5-3-1/h2-5H,6H2,1H3,(H,12,13);5H,1-4H2/b3-2+;. The highest BCUT2D eigenvalue weighted by Crippen LogP contribution is 2.41. The van der Waals surface area contributed by atoms with Crippen LogP contribution < -0.4 is 19.5 Å². The molecule has 2 heterocycles. The number of ether oxygens (including phenoxy) is 3. The molecule has 2 aliphatic rings. The molecule has 1 fully saturated rings. The van der Waals surface area contributed by atoms with E-state index in [9.17, 15) is 4.79 Å². The Balaban J connectivity index is 0.000000272. The lowest BCUT2D eigenvalue weighted by Gasteiger charge is -2.05. The second-order valence-electron chi connectivity index (χ2n) is 4.59. The average molecular weight is 293 g/mol. The van der Waals surface area contributed by atoms with Crippen molar-refractivity contribution in [2.75, 3.05) is 27.0 Å². The van der Waals surface area contributed by atoms with E-state index in [1.807, 2.05) is 0 Å². The van der Waals surface area contributed by atoms with Gasteiger partial charge in [-0.25, -0.2) is 4.79 Å². The van der Waals surface area contributed by atoms with Crippen LogP contribution in [0.4, 0.5) is 0 Å².